The molecular formula is C32H40F2N8O. The number of hydrogen-bond acceptors (Lipinski definition) is 8. The van der Waals surface area contributed by atoms with E-state index in [1.807, 2.05) is 30.3 Å². The lowest BCUT2D eigenvalue weighted by molar-refractivity contribution is -0.123. The second kappa shape index (κ2) is 11.6. The van der Waals surface area contributed by atoms with Crippen LogP contribution in [0.25, 0.3) is 0 Å². The Morgan fingerprint density at radius 1 is 0.930 bits per heavy atom. The third-order valence-corrected chi connectivity index (χ3v) is 9.17. The van der Waals surface area contributed by atoms with E-state index < -0.39 is 17.2 Å². The number of anilines is 5. The van der Waals surface area contributed by atoms with Crippen molar-refractivity contribution in [2.45, 2.75) is 51.6 Å². The first kappa shape index (κ1) is 29.1. The number of piperazine rings is 1. The van der Waals surface area contributed by atoms with Gasteiger partial charge in [0.1, 0.15) is 29.6 Å². The summed E-state index contributed by atoms with van der Waals surface area (Å²) in [4.78, 5) is 27.7. The Kier molecular flexibility index (Phi) is 7.85. The fourth-order valence-electron chi connectivity index (χ4n) is 6.39. The summed E-state index contributed by atoms with van der Waals surface area (Å²) in [7, 11) is 0. The van der Waals surface area contributed by atoms with Gasteiger partial charge in [-0.1, -0.05) is 13.8 Å². The van der Waals surface area contributed by atoms with Gasteiger partial charge in [0, 0.05) is 55.2 Å². The van der Waals surface area contributed by atoms with E-state index in [1.54, 1.807) is 4.90 Å². The molecule has 3 aromatic rings. The van der Waals surface area contributed by atoms with Crippen LogP contribution in [-0.4, -0.2) is 65.6 Å². The van der Waals surface area contributed by atoms with Crippen molar-refractivity contribution in [3.05, 3.63) is 66.0 Å². The molecule has 0 aliphatic carbocycles. The molecule has 4 N–H and O–H groups in total. The monoisotopic (exact) mass is 590 g/mol. The van der Waals surface area contributed by atoms with Crippen LogP contribution in [0.5, 0.6) is 0 Å². The smallest absolute Gasteiger partial charge is 0.240 e. The molecule has 1 spiro atoms. The first-order valence-electron chi connectivity index (χ1n) is 15.0. The van der Waals surface area contributed by atoms with E-state index in [2.05, 4.69) is 44.2 Å². The fraction of sp³-hybridized carbons (Fsp3) is 0.469. The van der Waals surface area contributed by atoms with Crippen molar-refractivity contribution >= 4 is 34.6 Å². The molecule has 9 nitrogen and oxygen atoms in total. The Morgan fingerprint density at radius 3 is 2.37 bits per heavy atom. The molecule has 0 unspecified atom stereocenters. The van der Waals surface area contributed by atoms with Crippen LogP contribution in [0.15, 0.2) is 48.8 Å². The van der Waals surface area contributed by atoms with Crippen molar-refractivity contribution in [3.8, 4) is 0 Å². The number of nitrogens with one attached hydrogen (secondary N) is 2. The third-order valence-electron chi connectivity index (χ3n) is 9.17. The molecule has 1 aromatic heterocycles. The molecular weight excluding hydrogens is 550 g/mol. The molecule has 3 aliphatic heterocycles. The van der Waals surface area contributed by atoms with Gasteiger partial charge in [0.15, 0.2) is 0 Å². The Morgan fingerprint density at radius 2 is 1.65 bits per heavy atom. The largest absolute Gasteiger partial charge is 0.399 e. The maximum absolute atomic E-state index is 15.5. The van der Waals surface area contributed by atoms with Gasteiger partial charge in [-0.25, -0.2) is 18.7 Å². The number of hydrogen-bond donors (Lipinski definition) is 3. The van der Waals surface area contributed by atoms with Gasteiger partial charge in [0.2, 0.25) is 5.91 Å². The average Bonchev–Trinajstić information content (AvgIpc) is 2.97. The molecule has 0 saturated carbocycles. The number of benzene rings is 2. The molecule has 3 fully saturated rings. The molecule has 1 amide bonds. The van der Waals surface area contributed by atoms with Crippen molar-refractivity contribution in [1.82, 2.24) is 20.2 Å². The molecule has 6 rings (SSSR count). The van der Waals surface area contributed by atoms with Crippen molar-refractivity contribution in [3.63, 3.8) is 0 Å². The van der Waals surface area contributed by atoms with Crippen molar-refractivity contribution < 1.29 is 13.6 Å². The van der Waals surface area contributed by atoms with E-state index in [1.165, 1.54) is 18.5 Å². The van der Waals surface area contributed by atoms with Gasteiger partial charge in [-0.2, -0.15) is 0 Å². The summed E-state index contributed by atoms with van der Waals surface area (Å²) in [6.45, 7) is 8.33. The molecule has 3 aliphatic rings. The first-order valence-corrected chi connectivity index (χ1v) is 15.0. The summed E-state index contributed by atoms with van der Waals surface area (Å²) < 4.78 is 30.8. The number of piperidine rings is 2. The second-order valence-corrected chi connectivity index (χ2v) is 13.0. The molecule has 4 heterocycles. The number of nitrogen functional groups attached to an aromatic ring is 1. The van der Waals surface area contributed by atoms with Gasteiger partial charge >= 0.3 is 0 Å². The molecule has 43 heavy (non-hydrogen) atoms. The molecule has 0 atom stereocenters. The van der Waals surface area contributed by atoms with E-state index in [0.717, 1.165) is 37.4 Å². The van der Waals surface area contributed by atoms with Crippen LogP contribution in [0.2, 0.25) is 0 Å². The topological polar surface area (TPSA) is 103 Å². The Labute approximate surface area is 251 Å². The zero-order chi connectivity index (χ0) is 30.2. The zero-order valence-electron chi connectivity index (χ0n) is 24.9. The lowest BCUT2D eigenvalue weighted by Gasteiger charge is -2.48. The first-order chi connectivity index (χ1) is 20.6. The van der Waals surface area contributed by atoms with E-state index in [4.69, 9.17) is 5.73 Å². The number of likely N-dealkylation sites (tertiary alicyclic amines) is 1. The summed E-state index contributed by atoms with van der Waals surface area (Å²) in [5, 5.41) is 6.44. The highest BCUT2D eigenvalue weighted by Crippen LogP contribution is 2.34. The summed E-state index contributed by atoms with van der Waals surface area (Å²) in [6.07, 6.45) is 4.89. The van der Waals surface area contributed by atoms with Gasteiger partial charge in [0.05, 0.1) is 17.8 Å². The Bertz CT molecular complexity index is 1460. The maximum Gasteiger partial charge on any atom is 0.240 e. The Balaban J connectivity index is 1.11. The number of nitrogens with two attached hydrogens (primary N) is 1. The van der Waals surface area contributed by atoms with Gasteiger partial charge in [-0.15, -0.1) is 0 Å². The second-order valence-electron chi connectivity index (χ2n) is 13.0. The summed E-state index contributed by atoms with van der Waals surface area (Å²) >= 11 is 0. The van der Waals surface area contributed by atoms with Crippen molar-refractivity contribution in [2.75, 3.05) is 60.1 Å². The van der Waals surface area contributed by atoms with Gasteiger partial charge in [-0.05, 0) is 74.5 Å². The molecule has 2 aromatic carbocycles. The van der Waals surface area contributed by atoms with E-state index in [-0.39, 0.29) is 23.6 Å². The van der Waals surface area contributed by atoms with E-state index >= 15 is 8.78 Å². The quantitative estimate of drug-likeness (QED) is 0.356. The third kappa shape index (κ3) is 6.66. The normalized spacial score (nSPS) is 20.2. The number of nitrogens with zero attached hydrogens (tertiary/aromatic N) is 5. The lowest BCUT2D eigenvalue weighted by Crippen LogP contribution is -2.66. The molecule has 0 radical (unpaired) electrons. The SMILES string of the molecule is CC1(C)CCN(Cc2cc(F)c(N3CC(=O)NC4(CCN(c5cc(Nc6ccc(N)cc6)ncn5)CC4)C3)cc2F)CC1. The number of halogens is 2. The van der Waals surface area contributed by atoms with Gasteiger partial charge in [0.25, 0.3) is 0 Å². The number of carbonyl (C=O) groups excluding carboxylic acids is 1. The molecule has 0 bridgehead atoms. The predicted octanol–water partition coefficient (Wildman–Crippen LogP) is 4.68. The average molecular weight is 591 g/mol. The molecule has 11 heteroatoms. The van der Waals surface area contributed by atoms with Crippen LogP contribution in [0.3, 0.4) is 0 Å². The lowest BCUT2D eigenvalue weighted by atomic mass is 9.82. The van der Waals surface area contributed by atoms with Crippen LogP contribution < -0.4 is 26.2 Å². The van der Waals surface area contributed by atoms with Gasteiger partial charge in [-0.3, -0.25) is 9.69 Å². The highest BCUT2D eigenvalue weighted by molar-refractivity contribution is 5.84. The summed E-state index contributed by atoms with van der Waals surface area (Å²) in [6, 6.07) is 11.9. The molecule has 228 valence electrons. The number of aromatic nitrogens is 2. The zero-order valence-corrected chi connectivity index (χ0v) is 24.9. The van der Waals surface area contributed by atoms with Crippen LogP contribution in [-0.2, 0) is 11.3 Å². The van der Waals surface area contributed by atoms with Crippen LogP contribution in [0, 0.1) is 17.0 Å². The standard InChI is InChI=1S/C32H40F2N8O/c1-31(2)7-11-40(12-8-31)18-22-15-26(34)27(16-25(22)33)42-19-30(43)39-32(20-42)9-13-41(14-10-32)29-17-28(36-21-37-29)38-24-5-3-23(35)4-6-24/h3-6,15-17,21H,7-14,18-20,35H2,1-2H3,(H,39,43)(H,36,37,38). The number of carbonyl (C=O) groups is 1. The molecule has 3 saturated heterocycles. The van der Waals surface area contributed by atoms with Crippen LogP contribution in [0.4, 0.5) is 37.5 Å². The van der Waals surface area contributed by atoms with E-state index in [9.17, 15) is 4.79 Å². The van der Waals surface area contributed by atoms with Gasteiger partial charge < -0.3 is 26.2 Å². The minimum Gasteiger partial charge on any atom is -0.399 e. The maximum atomic E-state index is 15.5. The van der Waals surface area contributed by atoms with Crippen LogP contribution in [0.1, 0.15) is 45.1 Å². The summed E-state index contributed by atoms with van der Waals surface area (Å²) in [5.74, 6) is 0.345. The summed E-state index contributed by atoms with van der Waals surface area (Å²) in [5.41, 5.74) is 7.60. The number of amides is 1. The highest BCUT2D eigenvalue weighted by Gasteiger charge is 2.42. The fourth-order valence-corrected chi connectivity index (χ4v) is 6.39. The van der Waals surface area contributed by atoms with Crippen molar-refractivity contribution in [1.29, 1.82) is 0 Å². The Hall–Kier alpha value is -3.99. The highest BCUT2D eigenvalue weighted by atomic mass is 19.1. The van der Waals surface area contributed by atoms with E-state index in [0.29, 0.717) is 56.1 Å². The predicted molar refractivity (Wildman–Crippen MR) is 165 cm³/mol. The number of rotatable bonds is 6. The minimum atomic E-state index is -0.536. The van der Waals surface area contributed by atoms with Crippen LogP contribution >= 0.6 is 0 Å². The minimum absolute atomic E-state index is 0.00550. The van der Waals surface area contributed by atoms with Crippen molar-refractivity contribution in [2.24, 2.45) is 5.41 Å².